The number of benzene rings is 2. The van der Waals surface area contributed by atoms with Crippen LogP contribution in [0.15, 0.2) is 61.2 Å². The molecule has 0 spiro atoms. The summed E-state index contributed by atoms with van der Waals surface area (Å²) in [7, 11) is 0. The van der Waals surface area contributed by atoms with Crippen molar-refractivity contribution in [1.29, 1.82) is 0 Å². The third-order valence-corrected chi connectivity index (χ3v) is 2.95. The van der Waals surface area contributed by atoms with Crippen LogP contribution in [0.3, 0.4) is 0 Å². The van der Waals surface area contributed by atoms with Crippen LogP contribution in [0.2, 0.25) is 0 Å². The maximum Gasteiger partial charge on any atom is 0.00612 e. The Bertz CT molecular complexity index is 468. The lowest BCUT2D eigenvalue weighted by molar-refractivity contribution is 0.922. The number of rotatable bonds is 3. The van der Waals surface area contributed by atoms with E-state index in [1.165, 1.54) is 16.7 Å². The highest BCUT2D eigenvalue weighted by atomic mass is 14.1. The Kier molecular flexibility index (Phi) is 3.21. The van der Waals surface area contributed by atoms with Gasteiger partial charge in [-0.05, 0) is 16.7 Å². The van der Waals surface area contributed by atoms with Crippen LogP contribution in [-0.4, -0.2) is 0 Å². The average Bonchev–Trinajstić information content (AvgIpc) is 2.39. The van der Waals surface area contributed by atoms with Crippen molar-refractivity contribution in [3.63, 3.8) is 0 Å². The van der Waals surface area contributed by atoms with Gasteiger partial charge in [0.25, 0.3) is 0 Å². The Morgan fingerprint density at radius 2 is 1.62 bits per heavy atom. The van der Waals surface area contributed by atoms with Crippen molar-refractivity contribution in [1.82, 2.24) is 0 Å². The van der Waals surface area contributed by atoms with Crippen LogP contribution in [0.1, 0.15) is 29.5 Å². The molecule has 0 saturated heterocycles. The van der Waals surface area contributed by atoms with Gasteiger partial charge in [-0.1, -0.05) is 74.2 Å². The Morgan fingerprint density at radius 3 is 2.31 bits per heavy atom. The Balaban J connectivity index is 2.34. The summed E-state index contributed by atoms with van der Waals surface area (Å²) >= 11 is 0. The normalized spacial score (nSPS) is 12.1. The minimum absolute atomic E-state index is 0.432. The minimum atomic E-state index is 0.432. The van der Waals surface area contributed by atoms with Crippen LogP contribution in [-0.2, 0) is 0 Å². The fraction of sp³-hybridized carbons (Fsp3) is 0.125. The predicted molar refractivity (Wildman–Crippen MR) is 70.5 cm³/mol. The maximum absolute atomic E-state index is 3.80. The summed E-state index contributed by atoms with van der Waals surface area (Å²) in [4.78, 5) is 0. The van der Waals surface area contributed by atoms with Gasteiger partial charge in [-0.2, -0.15) is 0 Å². The summed E-state index contributed by atoms with van der Waals surface area (Å²) in [5.41, 5.74) is 3.87. The van der Waals surface area contributed by atoms with E-state index in [-0.39, 0.29) is 0 Å². The lowest BCUT2D eigenvalue weighted by Gasteiger charge is -2.12. The monoisotopic (exact) mass is 208 g/mol. The molecule has 0 aliphatic rings. The Hall–Kier alpha value is -1.82. The molecule has 0 heterocycles. The van der Waals surface area contributed by atoms with Gasteiger partial charge in [0, 0.05) is 5.92 Å². The van der Waals surface area contributed by atoms with Gasteiger partial charge in [0.1, 0.15) is 0 Å². The van der Waals surface area contributed by atoms with Crippen LogP contribution in [0.4, 0.5) is 0 Å². The van der Waals surface area contributed by atoms with Gasteiger partial charge < -0.3 is 0 Å². The molecule has 2 aromatic carbocycles. The molecule has 0 nitrogen and oxygen atoms in total. The van der Waals surface area contributed by atoms with E-state index < -0.39 is 0 Å². The zero-order valence-corrected chi connectivity index (χ0v) is 9.56. The quantitative estimate of drug-likeness (QED) is 0.697. The standard InChI is InChI=1S/C16H16/c1-3-14-8-7-11-16(12-14)13(2)15-9-5-4-6-10-15/h3-13H,1H2,2H3. The molecule has 0 aliphatic heterocycles. The van der Waals surface area contributed by atoms with E-state index in [9.17, 15) is 0 Å². The van der Waals surface area contributed by atoms with Gasteiger partial charge in [-0.3, -0.25) is 0 Å². The van der Waals surface area contributed by atoms with Gasteiger partial charge in [-0.15, -0.1) is 0 Å². The molecular formula is C16H16. The number of hydrogen-bond donors (Lipinski definition) is 0. The molecule has 0 bridgehead atoms. The second-order valence-corrected chi connectivity index (χ2v) is 4.01. The summed E-state index contributed by atoms with van der Waals surface area (Å²) in [6.45, 7) is 6.04. The molecule has 0 aromatic heterocycles. The molecule has 0 aliphatic carbocycles. The molecule has 1 atom stereocenters. The summed E-state index contributed by atoms with van der Waals surface area (Å²) in [6.07, 6.45) is 1.89. The van der Waals surface area contributed by atoms with Crippen molar-refractivity contribution in [3.05, 3.63) is 77.9 Å². The average molecular weight is 208 g/mol. The molecule has 16 heavy (non-hydrogen) atoms. The van der Waals surface area contributed by atoms with E-state index >= 15 is 0 Å². The SMILES string of the molecule is C=Cc1cccc(C(C)c2ccccc2)c1. The van der Waals surface area contributed by atoms with Crippen LogP contribution in [0.5, 0.6) is 0 Å². The first kappa shape index (κ1) is 10.7. The minimum Gasteiger partial charge on any atom is -0.0985 e. The van der Waals surface area contributed by atoms with Crippen molar-refractivity contribution in [2.45, 2.75) is 12.8 Å². The molecular weight excluding hydrogens is 192 g/mol. The second-order valence-electron chi connectivity index (χ2n) is 4.01. The topological polar surface area (TPSA) is 0 Å². The summed E-state index contributed by atoms with van der Waals surface area (Å²) in [6, 6.07) is 19.1. The molecule has 0 N–H and O–H groups in total. The molecule has 80 valence electrons. The first-order chi connectivity index (χ1) is 7.81. The van der Waals surface area contributed by atoms with Crippen molar-refractivity contribution in [2.24, 2.45) is 0 Å². The van der Waals surface area contributed by atoms with Gasteiger partial charge >= 0.3 is 0 Å². The van der Waals surface area contributed by atoms with Crippen LogP contribution >= 0.6 is 0 Å². The van der Waals surface area contributed by atoms with Crippen LogP contribution in [0.25, 0.3) is 6.08 Å². The summed E-state index contributed by atoms with van der Waals surface area (Å²) in [5, 5.41) is 0. The molecule has 2 aromatic rings. The van der Waals surface area contributed by atoms with E-state index in [4.69, 9.17) is 0 Å². The largest absolute Gasteiger partial charge is 0.0985 e. The third-order valence-electron chi connectivity index (χ3n) is 2.95. The van der Waals surface area contributed by atoms with Crippen molar-refractivity contribution < 1.29 is 0 Å². The van der Waals surface area contributed by atoms with Gasteiger partial charge in [0.05, 0.1) is 0 Å². The number of hydrogen-bond acceptors (Lipinski definition) is 0. The highest BCUT2D eigenvalue weighted by molar-refractivity contribution is 5.49. The molecule has 0 saturated carbocycles. The Labute approximate surface area is 97.3 Å². The van der Waals surface area contributed by atoms with Gasteiger partial charge in [0.15, 0.2) is 0 Å². The van der Waals surface area contributed by atoms with Crippen molar-refractivity contribution >= 4 is 6.08 Å². The predicted octanol–water partition coefficient (Wildman–Crippen LogP) is 4.48. The molecule has 0 radical (unpaired) electrons. The zero-order chi connectivity index (χ0) is 11.4. The van der Waals surface area contributed by atoms with Crippen molar-refractivity contribution in [3.8, 4) is 0 Å². The highest BCUT2D eigenvalue weighted by Crippen LogP contribution is 2.24. The van der Waals surface area contributed by atoms with E-state index in [2.05, 4.69) is 68.1 Å². The first-order valence-electron chi connectivity index (χ1n) is 5.58. The Morgan fingerprint density at radius 1 is 0.938 bits per heavy atom. The molecule has 0 amide bonds. The summed E-state index contributed by atoms with van der Waals surface area (Å²) < 4.78 is 0. The third kappa shape index (κ3) is 2.22. The zero-order valence-electron chi connectivity index (χ0n) is 9.56. The van der Waals surface area contributed by atoms with E-state index in [1.54, 1.807) is 0 Å². The molecule has 2 rings (SSSR count). The van der Waals surface area contributed by atoms with E-state index in [0.29, 0.717) is 5.92 Å². The van der Waals surface area contributed by atoms with Gasteiger partial charge in [0.2, 0.25) is 0 Å². The molecule has 0 fully saturated rings. The fourth-order valence-corrected chi connectivity index (χ4v) is 1.89. The van der Waals surface area contributed by atoms with E-state index in [1.807, 2.05) is 6.08 Å². The maximum atomic E-state index is 3.80. The highest BCUT2D eigenvalue weighted by Gasteiger charge is 2.07. The lowest BCUT2D eigenvalue weighted by atomic mass is 9.92. The molecule has 0 heteroatoms. The second kappa shape index (κ2) is 4.80. The van der Waals surface area contributed by atoms with Crippen molar-refractivity contribution in [2.75, 3.05) is 0 Å². The fourth-order valence-electron chi connectivity index (χ4n) is 1.89. The van der Waals surface area contributed by atoms with Crippen LogP contribution < -0.4 is 0 Å². The first-order valence-corrected chi connectivity index (χ1v) is 5.58. The van der Waals surface area contributed by atoms with E-state index in [0.717, 1.165) is 0 Å². The molecule has 1 unspecified atom stereocenters. The summed E-state index contributed by atoms with van der Waals surface area (Å²) in [5.74, 6) is 0.432. The lowest BCUT2D eigenvalue weighted by Crippen LogP contribution is -1.95. The smallest absolute Gasteiger partial charge is 0.00612 e. The van der Waals surface area contributed by atoms with Crippen LogP contribution in [0, 0.1) is 0 Å². The van der Waals surface area contributed by atoms with Gasteiger partial charge in [-0.25, -0.2) is 0 Å².